The van der Waals surface area contributed by atoms with Gasteiger partial charge in [0.05, 0.1) is 11.9 Å². The van der Waals surface area contributed by atoms with Crippen LogP contribution in [0.5, 0.6) is 11.5 Å². The Kier molecular flexibility index (Phi) is 11.7. The number of ether oxygens (including phenoxy) is 2. The summed E-state index contributed by atoms with van der Waals surface area (Å²) in [5, 5.41) is 20.5. The molecule has 2 aromatic rings. The van der Waals surface area contributed by atoms with Crippen molar-refractivity contribution in [2.24, 2.45) is 0 Å². The molecule has 2 unspecified atom stereocenters. The molecule has 0 fully saturated rings. The van der Waals surface area contributed by atoms with Crippen molar-refractivity contribution >= 4 is 49.7 Å². The molecule has 0 heterocycles. The molecule has 6 nitrogen and oxygen atoms in total. The third-order valence-corrected chi connectivity index (χ3v) is 2.78. The summed E-state index contributed by atoms with van der Waals surface area (Å²) in [6.45, 7) is 2.87. The molecule has 2 aromatic carbocycles. The van der Waals surface area contributed by atoms with Crippen molar-refractivity contribution < 1.29 is 29.3 Å². The fraction of sp³-hybridized carbons (Fsp3) is 0.222. The van der Waals surface area contributed by atoms with Crippen molar-refractivity contribution in [2.45, 2.75) is 26.1 Å². The molecule has 25 heavy (non-hydrogen) atoms. The molecule has 0 aromatic heterocycles. The number of hydrogen-bond donors (Lipinski definition) is 0. The van der Waals surface area contributed by atoms with E-state index in [0.29, 0.717) is 11.5 Å². The van der Waals surface area contributed by atoms with Gasteiger partial charge in [0.1, 0.15) is 23.7 Å². The minimum Gasteiger partial charge on any atom is -0.546 e. The molecule has 0 radical (unpaired) electrons. The van der Waals surface area contributed by atoms with Gasteiger partial charge in [-0.15, -0.1) is 0 Å². The van der Waals surface area contributed by atoms with Gasteiger partial charge in [-0.1, -0.05) is 36.4 Å². The van der Waals surface area contributed by atoms with Crippen molar-refractivity contribution in [2.75, 3.05) is 0 Å². The van der Waals surface area contributed by atoms with Gasteiger partial charge in [0.15, 0.2) is 0 Å². The Labute approximate surface area is 176 Å². The smallest absolute Gasteiger partial charge is 0.546 e. The van der Waals surface area contributed by atoms with Crippen LogP contribution in [0.15, 0.2) is 60.7 Å². The SMILES string of the molecule is CC(Oc1ccccc1)C(=O)[O-].CC(Oc1ccccc1)C(=O)[O-].[Ca+2]. The Balaban J connectivity index is 0.000000443. The largest absolute Gasteiger partial charge is 2.00 e. The minimum atomic E-state index is -1.21. The Hall–Kier alpha value is -1.76. The summed E-state index contributed by atoms with van der Waals surface area (Å²) in [6.07, 6.45) is -1.82. The maximum Gasteiger partial charge on any atom is 2.00 e. The number of hydrogen-bond acceptors (Lipinski definition) is 6. The zero-order valence-corrected chi connectivity index (χ0v) is 16.3. The van der Waals surface area contributed by atoms with Crippen molar-refractivity contribution in [1.29, 1.82) is 0 Å². The molecule has 0 bridgehead atoms. The van der Waals surface area contributed by atoms with Crippen LogP contribution in [0.1, 0.15) is 13.8 Å². The first-order valence-corrected chi connectivity index (χ1v) is 7.25. The predicted octanol–water partition coefficient (Wildman–Crippen LogP) is 0.0268. The standard InChI is InChI=1S/2C9H10O3.Ca/c2*1-7(9(10)11)12-8-5-3-2-4-6-8;/h2*2-7H,1H3,(H,10,11);/q;;+2/p-2. The Bertz CT molecular complexity index is 575. The molecule has 0 aliphatic carbocycles. The van der Waals surface area contributed by atoms with Crippen LogP contribution in [-0.2, 0) is 9.59 Å². The second kappa shape index (κ2) is 12.6. The number of rotatable bonds is 6. The molecule has 2 atom stereocenters. The number of carboxylic acids is 2. The molecule has 0 saturated heterocycles. The zero-order chi connectivity index (χ0) is 17.9. The van der Waals surface area contributed by atoms with Crippen LogP contribution in [0, 0.1) is 0 Å². The van der Waals surface area contributed by atoms with Gasteiger partial charge in [-0.3, -0.25) is 0 Å². The first kappa shape index (κ1) is 23.2. The number of carbonyl (C=O) groups excluding carboxylic acids is 2. The van der Waals surface area contributed by atoms with Crippen molar-refractivity contribution in [3.05, 3.63) is 60.7 Å². The van der Waals surface area contributed by atoms with Gasteiger partial charge in [0.2, 0.25) is 0 Å². The normalized spacial score (nSPS) is 11.6. The van der Waals surface area contributed by atoms with Crippen LogP contribution < -0.4 is 19.7 Å². The molecular formula is C18H18CaO6. The van der Waals surface area contributed by atoms with Crippen molar-refractivity contribution in [3.63, 3.8) is 0 Å². The first-order chi connectivity index (χ1) is 11.4. The number of aliphatic carboxylic acids is 2. The van der Waals surface area contributed by atoms with E-state index in [0.717, 1.165) is 0 Å². The van der Waals surface area contributed by atoms with E-state index < -0.39 is 24.1 Å². The summed E-state index contributed by atoms with van der Waals surface area (Å²) in [5.41, 5.74) is 0. The van der Waals surface area contributed by atoms with E-state index in [1.54, 1.807) is 48.5 Å². The van der Waals surface area contributed by atoms with E-state index in [1.807, 2.05) is 12.1 Å². The molecule has 0 amide bonds. The number of para-hydroxylation sites is 2. The fourth-order valence-electron chi connectivity index (χ4n) is 1.50. The Morgan fingerprint density at radius 1 is 0.720 bits per heavy atom. The molecule has 2 rings (SSSR count). The average Bonchev–Trinajstić information content (AvgIpc) is 2.57. The topological polar surface area (TPSA) is 98.7 Å². The maximum atomic E-state index is 10.3. The molecular weight excluding hydrogens is 352 g/mol. The number of carboxylic acid groups (broad SMARTS) is 2. The van der Waals surface area contributed by atoms with Crippen LogP contribution >= 0.6 is 0 Å². The third-order valence-electron chi connectivity index (χ3n) is 2.78. The predicted molar refractivity (Wildman–Crippen MR) is 88.8 cm³/mol. The number of benzene rings is 2. The Morgan fingerprint density at radius 2 is 1.00 bits per heavy atom. The van der Waals surface area contributed by atoms with Crippen molar-refractivity contribution in [3.8, 4) is 11.5 Å². The van der Waals surface area contributed by atoms with Gasteiger partial charge in [0, 0.05) is 0 Å². The maximum absolute atomic E-state index is 10.3. The fourth-order valence-corrected chi connectivity index (χ4v) is 1.50. The van der Waals surface area contributed by atoms with Crippen LogP contribution in [0.25, 0.3) is 0 Å². The van der Waals surface area contributed by atoms with Gasteiger partial charge < -0.3 is 29.3 Å². The summed E-state index contributed by atoms with van der Waals surface area (Å²) in [5.74, 6) is -1.35. The van der Waals surface area contributed by atoms with Crippen LogP contribution in [0.2, 0.25) is 0 Å². The summed E-state index contributed by atoms with van der Waals surface area (Å²) >= 11 is 0. The second-order valence-electron chi connectivity index (χ2n) is 4.78. The monoisotopic (exact) mass is 370 g/mol. The first-order valence-electron chi connectivity index (χ1n) is 7.25. The third kappa shape index (κ3) is 9.96. The quantitative estimate of drug-likeness (QED) is 0.665. The van der Waals surface area contributed by atoms with Gasteiger partial charge in [0.25, 0.3) is 0 Å². The van der Waals surface area contributed by atoms with E-state index in [4.69, 9.17) is 9.47 Å². The van der Waals surface area contributed by atoms with Gasteiger partial charge in [-0.05, 0) is 38.1 Å². The minimum absolute atomic E-state index is 0. The van der Waals surface area contributed by atoms with E-state index in [2.05, 4.69) is 0 Å². The van der Waals surface area contributed by atoms with Gasteiger partial charge >= 0.3 is 37.7 Å². The van der Waals surface area contributed by atoms with Crippen LogP contribution in [0.4, 0.5) is 0 Å². The Morgan fingerprint density at radius 3 is 1.24 bits per heavy atom. The van der Waals surface area contributed by atoms with E-state index in [9.17, 15) is 19.8 Å². The summed E-state index contributed by atoms with van der Waals surface area (Å²) in [4.78, 5) is 20.5. The molecule has 7 heteroatoms. The van der Waals surface area contributed by atoms with Gasteiger partial charge in [-0.25, -0.2) is 0 Å². The van der Waals surface area contributed by atoms with E-state index in [1.165, 1.54) is 13.8 Å². The zero-order valence-electron chi connectivity index (χ0n) is 14.1. The summed E-state index contributed by atoms with van der Waals surface area (Å²) in [7, 11) is 0. The number of carbonyl (C=O) groups is 2. The molecule has 128 valence electrons. The second-order valence-corrected chi connectivity index (χ2v) is 4.78. The van der Waals surface area contributed by atoms with Crippen molar-refractivity contribution in [1.82, 2.24) is 0 Å². The molecule has 0 spiro atoms. The van der Waals surface area contributed by atoms with E-state index >= 15 is 0 Å². The molecule has 0 aliphatic rings. The van der Waals surface area contributed by atoms with Gasteiger partial charge in [-0.2, -0.15) is 0 Å². The summed E-state index contributed by atoms with van der Waals surface area (Å²) in [6, 6.07) is 17.5. The van der Waals surface area contributed by atoms with E-state index in [-0.39, 0.29) is 37.7 Å². The average molecular weight is 370 g/mol. The molecule has 0 saturated carbocycles. The molecule has 0 aliphatic heterocycles. The summed E-state index contributed by atoms with van der Waals surface area (Å²) < 4.78 is 10.0. The molecule has 0 N–H and O–H groups in total. The van der Waals surface area contributed by atoms with Crippen LogP contribution in [-0.4, -0.2) is 61.9 Å². The van der Waals surface area contributed by atoms with Crippen LogP contribution in [0.3, 0.4) is 0 Å².